The molecule has 2 amide bonds. The number of carbonyl (C=O) groups is 2. The lowest BCUT2D eigenvalue weighted by atomic mass is 10.1. The standard InChI is InChI=1S/C21H27N5O5/c1-4-5-11-26-18(22)17(19(28)23-21(26)30)24(3)16(27)10-12-25-14-8-6-7-9-15(14)31-13(2)20(25)29/h6-9,13H,4-5,10-12,22H2,1-3H3,(H,23,28,30). The third-order valence-corrected chi connectivity index (χ3v) is 5.28. The van der Waals surface area contributed by atoms with Crippen molar-refractivity contribution in [2.24, 2.45) is 0 Å². The number of nitrogens with one attached hydrogen (secondary N) is 1. The maximum atomic E-state index is 12.9. The topological polar surface area (TPSA) is 131 Å². The highest BCUT2D eigenvalue weighted by Gasteiger charge is 2.32. The summed E-state index contributed by atoms with van der Waals surface area (Å²) in [7, 11) is 1.43. The Labute approximate surface area is 179 Å². The Kier molecular flexibility index (Phi) is 6.47. The first-order valence-electron chi connectivity index (χ1n) is 10.2. The smallest absolute Gasteiger partial charge is 0.330 e. The number of H-pyrrole nitrogens is 1. The summed E-state index contributed by atoms with van der Waals surface area (Å²) >= 11 is 0. The lowest BCUT2D eigenvalue weighted by Gasteiger charge is -2.33. The molecule has 0 bridgehead atoms. The monoisotopic (exact) mass is 429 g/mol. The van der Waals surface area contributed by atoms with Crippen LogP contribution in [0.5, 0.6) is 5.75 Å². The summed E-state index contributed by atoms with van der Waals surface area (Å²) in [6.45, 7) is 4.07. The Morgan fingerprint density at radius 1 is 1.23 bits per heavy atom. The van der Waals surface area contributed by atoms with Gasteiger partial charge in [0.25, 0.3) is 11.5 Å². The van der Waals surface area contributed by atoms with Crippen molar-refractivity contribution in [2.45, 2.75) is 45.8 Å². The van der Waals surface area contributed by atoms with Crippen molar-refractivity contribution in [3.63, 3.8) is 0 Å². The van der Waals surface area contributed by atoms with Crippen molar-refractivity contribution >= 4 is 29.0 Å². The van der Waals surface area contributed by atoms with Gasteiger partial charge in [-0.15, -0.1) is 0 Å². The molecule has 0 spiro atoms. The summed E-state index contributed by atoms with van der Waals surface area (Å²) in [6, 6.07) is 7.10. The number of nitrogens with zero attached hydrogens (tertiary/aromatic N) is 3. The summed E-state index contributed by atoms with van der Waals surface area (Å²) in [5.41, 5.74) is 5.25. The number of ether oxygens (including phenoxy) is 1. The minimum absolute atomic E-state index is 0.0454. The summed E-state index contributed by atoms with van der Waals surface area (Å²) < 4.78 is 6.86. The van der Waals surface area contributed by atoms with Gasteiger partial charge in [0.05, 0.1) is 5.69 Å². The molecule has 0 radical (unpaired) electrons. The van der Waals surface area contributed by atoms with Gasteiger partial charge < -0.3 is 20.3 Å². The molecule has 1 aliphatic rings. The molecule has 1 atom stereocenters. The Morgan fingerprint density at radius 2 is 1.94 bits per heavy atom. The van der Waals surface area contributed by atoms with Gasteiger partial charge >= 0.3 is 5.69 Å². The van der Waals surface area contributed by atoms with E-state index in [4.69, 9.17) is 10.5 Å². The van der Waals surface area contributed by atoms with Crippen molar-refractivity contribution in [3.05, 3.63) is 45.1 Å². The molecule has 0 aliphatic carbocycles. The summed E-state index contributed by atoms with van der Waals surface area (Å²) in [6.07, 6.45) is 0.825. The molecule has 2 aromatic rings. The SMILES string of the molecule is CCCCn1c(N)c(N(C)C(=O)CCN2C(=O)C(C)Oc3ccccc32)c(=O)[nH]c1=O. The van der Waals surface area contributed by atoms with Crippen molar-refractivity contribution in [1.82, 2.24) is 9.55 Å². The molecule has 0 saturated heterocycles. The van der Waals surface area contributed by atoms with E-state index >= 15 is 0 Å². The van der Waals surface area contributed by atoms with E-state index in [-0.39, 0.29) is 30.4 Å². The van der Waals surface area contributed by atoms with E-state index in [1.807, 2.05) is 6.92 Å². The number of aromatic nitrogens is 2. The van der Waals surface area contributed by atoms with Gasteiger partial charge in [0.2, 0.25) is 5.91 Å². The maximum absolute atomic E-state index is 12.9. The lowest BCUT2D eigenvalue weighted by molar-refractivity contribution is -0.125. The Hall–Kier alpha value is -3.56. The second-order valence-corrected chi connectivity index (χ2v) is 7.42. The molecule has 1 aliphatic heterocycles. The fourth-order valence-electron chi connectivity index (χ4n) is 3.53. The van der Waals surface area contributed by atoms with E-state index in [2.05, 4.69) is 4.98 Å². The van der Waals surface area contributed by atoms with Gasteiger partial charge in [-0.1, -0.05) is 25.5 Å². The van der Waals surface area contributed by atoms with Crippen LogP contribution in [0, 0.1) is 0 Å². The van der Waals surface area contributed by atoms with Crippen LogP contribution in [0.4, 0.5) is 17.2 Å². The average molecular weight is 429 g/mol. The van der Waals surface area contributed by atoms with E-state index in [0.717, 1.165) is 11.3 Å². The molecule has 1 aromatic carbocycles. The number of amides is 2. The summed E-state index contributed by atoms with van der Waals surface area (Å²) in [5.74, 6) is -0.152. The number of anilines is 3. The van der Waals surface area contributed by atoms with Gasteiger partial charge in [0.15, 0.2) is 11.8 Å². The third-order valence-electron chi connectivity index (χ3n) is 5.28. The van der Waals surface area contributed by atoms with Crippen molar-refractivity contribution in [2.75, 3.05) is 29.1 Å². The van der Waals surface area contributed by atoms with E-state index in [9.17, 15) is 19.2 Å². The van der Waals surface area contributed by atoms with E-state index < -0.39 is 23.3 Å². The minimum atomic E-state index is -0.729. The zero-order valence-electron chi connectivity index (χ0n) is 17.9. The molecule has 1 aromatic heterocycles. The van der Waals surface area contributed by atoms with Gasteiger partial charge in [-0.2, -0.15) is 0 Å². The number of rotatable bonds is 7. The van der Waals surface area contributed by atoms with Crippen LogP contribution < -0.4 is 31.5 Å². The lowest BCUT2D eigenvalue weighted by Crippen LogP contribution is -2.46. The highest BCUT2D eigenvalue weighted by atomic mass is 16.5. The van der Waals surface area contributed by atoms with Crippen LogP contribution in [-0.4, -0.2) is 41.1 Å². The average Bonchev–Trinajstić information content (AvgIpc) is 2.73. The zero-order valence-corrected chi connectivity index (χ0v) is 17.9. The molecule has 10 nitrogen and oxygen atoms in total. The van der Waals surface area contributed by atoms with Gasteiger partial charge in [-0.25, -0.2) is 4.79 Å². The number of unbranched alkanes of at least 4 members (excludes halogenated alkanes) is 1. The molecule has 3 N–H and O–H groups in total. The molecule has 0 fully saturated rings. The van der Waals surface area contributed by atoms with Crippen LogP contribution in [0.2, 0.25) is 0 Å². The van der Waals surface area contributed by atoms with Gasteiger partial charge in [-0.3, -0.25) is 23.9 Å². The van der Waals surface area contributed by atoms with Crippen molar-refractivity contribution in [1.29, 1.82) is 0 Å². The summed E-state index contributed by atoms with van der Waals surface area (Å²) in [4.78, 5) is 54.8. The second kappa shape index (κ2) is 9.07. The Bertz CT molecular complexity index is 1110. The van der Waals surface area contributed by atoms with Gasteiger partial charge in [0.1, 0.15) is 11.6 Å². The molecule has 31 heavy (non-hydrogen) atoms. The molecule has 3 rings (SSSR count). The van der Waals surface area contributed by atoms with E-state index in [1.54, 1.807) is 31.2 Å². The first-order valence-corrected chi connectivity index (χ1v) is 10.2. The molecular weight excluding hydrogens is 402 g/mol. The van der Waals surface area contributed by atoms with Crippen molar-refractivity contribution < 1.29 is 14.3 Å². The number of aromatic amines is 1. The number of nitrogen functional groups attached to an aromatic ring is 1. The third kappa shape index (κ3) is 4.32. The first kappa shape index (κ1) is 22.1. The molecule has 166 valence electrons. The fraction of sp³-hybridized carbons (Fsp3) is 0.429. The number of benzene rings is 1. The molecule has 10 heteroatoms. The molecule has 2 heterocycles. The maximum Gasteiger partial charge on any atom is 0.330 e. The Morgan fingerprint density at radius 3 is 2.65 bits per heavy atom. The number of hydrogen-bond acceptors (Lipinski definition) is 6. The van der Waals surface area contributed by atoms with Gasteiger partial charge in [-0.05, 0) is 25.5 Å². The van der Waals surface area contributed by atoms with Crippen LogP contribution >= 0.6 is 0 Å². The Balaban J connectivity index is 1.81. The molecule has 1 unspecified atom stereocenters. The number of hydrogen-bond donors (Lipinski definition) is 2. The number of para-hydroxylation sites is 2. The minimum Gasteiger partial charge on any atom is -0.479 e. The molecule has 0 saturated carbocycles. The van der Waals surface area contributed by atoms with Crippen molar-refractivity contribution in [3.8, 4) is 5.75 Å². The van der Waals surface area contributed by atoms with Crippen LogP contribution in [-0.2, 0) is 16.1 Å². The van der Waals surface area contributed by atoms with Gasteiger partial charge in [0, 0.05) is 26.6 Å². The van der Waals surface area contributed by atoms with Crippen LogP contribution in [0.3, 0.4) is 0 Å². The zero-order chi connectivity index (χ0) is 22.7. The van der Waals surface area contributed by atoms with E-state index in [0.29, 0.717) is 24.4 Å². The number of fused-ring (bicyclic) bond motifs is 1. The van der Waals surface area contributed by atoms with E-state index in [1.165, 1.54) is 16.5 Å². The highest BCUT2D eigenvalue weighted by molar-refractivity contribution is 6.01. The number of nitrogens with two attached hydrogens (primary N) is 1. The van der Waals surface area contributed by atoms with Crippen LogP contribution in [0.25, 0.3) is 0 Å². The van der Waals surface area contributed by atoms with Crippen LogP contribution in [0.15, 0.2) is 33.9 Å². The van der Waals surface area contributed by atoms with Crippen LogP contribution in [0.1, 0.15) is 33.1 Å². The second-order valence-electron chi connectivity index (χ2n) is 7.42. The predicted octanol–water partition coefficient (Wildman–Crippen LogP) is 1.09. The predicted molar refractivity (Wildman–Crippen MR) is 118 cm³/mol. The molecular formula is C21H27N5O5. The highest BCUT2D eigenvalue weighted by Crippen LogP contribution is 2.33. The number of carbonyl (C=O) groups excluding carboxylic acids is 2. The largest absolute Gasteiger partial charge is 0.479 e. The quantitative estimate of drug-likeness (QED) is 0.677. The first-order chi connectivity index (χ1) is 14.8. The summed E-state index contributed by atoms with van der Waals surface area (Å²) in [5, 5.41) is 0. The normalized spacial score (nSPS) is 15.4. The fourth-order valence-corrected chi connectivity index (χ4v) is 3.53.